The van der Waals surface area contributed by atoms with E-state index in [1.807, 2.05) is 0 Å². The molecule has 2 aliphatic rings. The summed E-state index contributed by atoms with van der Waals surface area (Å²) in [5, 5.41) is 5.63. The van der Waals surface area contributed by atoms with Crippen LogP contribution >= 0.6 is 0 Å². The summed E-state index contributed by atoms with van der Waals surface area (Å²) in [5.74, 6) is -0.454. The van der Waals surface area contributed by atoms with Gasteiger partial charge in [-0.25, -0.2) is 0 Å². The number of hydrogen-bond donors (Lipinski definition) is 2. The molecule has 29 heavy (non-hydrogen) atoms. The van der Waals surface area contributed by atoms with Crippen molar-refractivity contribution in [2.24, 2.45) is 5.92 Å². The number of likely N-dealkylation sites (tertiary alicyclic amines) is 1. The fourth-order valence-corrected chi connectivity index (χ4v) is 3.79. The zero-order valence-corrected chi connectivity index (χ0v) is 17.2. The Morgan fingerprint density at radius 2 is 2.00 bits per heavy atom. The van der Waals surface area contributed by atoms with E-state index in [9.17, 15) is 14.4 Å². The standard InChI is InChI=1S/C21H31N3O5/c1-14(2)5-6-16(22-20(26)15-7-10-28-12-15)21(27)23-19-17(25)13-29-18(19)11-24-8-3-4-9-24/h7,10,12,14,16,18-19H,3-6,8-9,11,13H2,1-2H3,(H,22,26)(H,23,27). The second-order valence-corrected chi connectivity index (χ2v) is 8.32. The molecular weight excluding hydrogens is 374 g/mol. The molecule has 2 amide bonds. The molecule has 3 rings (SSSR count). The summed E-state index contributed by atoms with van der Waals surface area (Å²) in [7, 11) is 0. The summed E-state index contributed by atoms with van der Waals surface area (Å²) in [6.45, 7) is 6.76. The number of ether oxygens (including phenoxy) is 1. The first-order chi connectivity index (χ1) is 13.9. The molecule has 3 heterocycles. The van der Waals surface area contributed by atoms with Crippen molar-refractivity contribution in [1.82, 2.24) is 15.5 Å². The summed E-state index contributed by atoms with van der Waals surface area (Å²) < 4.78 is 10.6. The lowest BCUT2D eigenvalue weighted by Gasteiger charge is -2.26. The lowest BCUT2D eigenvalue weighted by molar-refractivity contribution is -0.127. The number of amides is 2. The minimum Gasteiger partial charge on any atom is -0.472 e. The van der Waals surface area contributed by atoms with Crippen molar-refractivity contribution in [3.8, 4) is 0 Å². The van der Waals surface area contributed by atoms with Crippen LogP contribution in [0.1, 0.15) is 49.9 Å². The van der Waals surface area contributed by atoms with E-state index in [0.717, 1.165) is 32.4 Å². The molecule has 0 bridgehead atoms. The fourth-order valence-electron chi connectivity index (χ4n) is 3.79. The summed E-state index contributed by atoms with van der Waals surface area (Å²) >= 11 is 0. The quantitative estimate of drug-likeness (QED) is 0.643. The van der Waals surface area contributed by atoms with Crippen LogP contribution in [0.25, 0.3) is 0 Å². The van der Waals surface area contributed by atoms with Crippen LogP contribution in [0.5, 0.6) is 0 Å². The van der Waals surface area contributed by atoms with Crippen molar-refractivity contribution in [3.63, 3.8) is 0 Å². The highest BCUT2D eigenvalue weighted by Crippen LogP contribution is 2.17. The van der Waals surface area contributed by atoms with Gasteiger partial charge in [-0.3, -0.25) is 14.4 Å². The Hall–Kier alpha value is -2.19. The number of nitrogens with zero attached hydrogens (tertiary/aromatic N) is 1. The zero-order chi connectivity index (χ0) is 20.8. The third-order valence-corrected chi connectivity index (χ3v) is 5.53. The van der Waals surface area contributed by atoms with Crippen molar-refractivity contribution in [1.29, 1.82) is 0 Å². The Kier molecular flexibility index (Phi) is 7.44. The average molecular weight is 405 g/mol. The van der Waals surface area contributed by atoms with E-state index in [-0.39, 0.29) is 30.3 Å². The van der Waals surface area contributed by atoms with Gasteiger partial charge < -0.3 is 24.7 Å². The normalized spacial score (nSPS) is 23.5. The smallest absolute Gasteiger partial charge is 0.255 e. The van der Waals surface area contributed by atoms with Crippen molar-refractivity contribution in [3.05, 3.63) is 24.2 Å². The van der Waals surface area contributed by atoms with Crippen molar-refractivity contribution in [2.75, 3.05) is 26.2 Å². The number of nitrogens with one attached hydrogen (secondary N) is 2. The Labute approximate surface area is 171 Å². The van der Waals surface area contributed by atoms with Crippen LogP contribution in [0.3, 0.4) is 0 Å². The van der Waals surface area contributed by atoms with Crippen molar-refractivity contribution >= 4 is 17.6 Å². The van der Waals surface area contributed by atoms with Crippen LogP contribution in [0, 0.1) is 5.92 Å². The lowest BCUT2D eigenvalue weighted by Crippen LogP contribution is -2.54. The van der Waals surface area contributed by atoms with Crippen LogP contribution in [-0.4, -0.2) is 66.9 Å². The monoisotopic (exact) mass is 405 g/mol. The molecule has 0 radical (unpaired) electrons. The zero-order valence-electron chi connectivity index (χ0n) is 17.2. The van der Waals surface area contributed by atoms with Gasteiger partial charge in [0.25, 0.3) is 5.91 Å². The van der Waals surface area contributed by atoms with Gasteiger partial charge in [-0.05, 0) is 50.8 Å². The van der Waals surface area contributed by atoms with Gasteiger partial charge in [0.05, 0.1) is 17.9 Å². The van der Waals surface area contributed by atoms with Crippen molar-refractivity contribution in [2.45, 2.75) is 57.7 Å². The molecule has 2 fully saturated rings. The molecule has 0 aromatic carbocycles. The topological polar surface area (TPSA) is 101 Å². The molecule has 2 N–H and O–H groups in total. The Balaban J connectivity index is 1.63. The van der Waals surface area contributed by atoms with E-state index >= 15 is 0 Å². The number of rotatable bonds is 9. The van der Waals surface area contributed by atoms with Gasteiger partial charge in [-0.1, -0.05) is 13.8 Å². The summed E-state index contributed by atoms with van der Waals surface area (Å²) in [5.41, 5.74) is 0.361. The van der Waals surface area contributed by atoms with Gasteiger partial charge in [0.15, 0.2) is 5.78 Å². The maximum atomic E-state index is 13.0. The van der Waals surface area contributed by atoms with Gasteiger partial charge >= 0.3 is 0 Å². The van der Waals surface area contributed by atoms with E-state index in [0.29, 0.717) is 24.4 Å². The molecule has 8 nitrogen and oxygen atoms in total. The van der Waals surface area contributed by atoms with Gasteiger partial charge in [0.2, 0.25) is 5.91 Å². The highest BCUT2D eigenvalue weighted by molar-refractivity contribution is 5.98. The molecule has 2 saturated heterocycles. The summed E-state index contributed by atoms with van der Waals surface area (Å²) in [6.07, 6.45) is 5.97. The minimum absolute atomic E-state index is 0.0154. The van der Waals surface area contributed by atoms with Crippen LogP contribution < -0.4 is 10.6 Å². The van der Waals surface area contributed by atoms with Gasteiger partial charge in [-0.2, -0.15) is 0 Å². The molecule has 0 aliphatic carbocycles. The largest absolute Gasteiger partial charge is 0.472 e. The first kappa shape index (κ1) is 21.5. The predicted molar refractivity (Wildman–Crippen MR) is 106 cm³/mol. The second kappa shape index (κ2) is 10.0. The molecule has 1 aromatic heterocycles. The Morgan fingerprint density at radius 3 is 2.66 bits per heavy atom. The van der Waals surface area contributed by atoms with E-state index in [1.54, 1.807) is 6.07 Å². The predicted octanol–water partition coefficient (Wildman–Crippen LogP) is 1.36. The number of carbonyl (C=O) groups is 3. The molecule has 1 aromatic rings. The van der Waals surface area contributed by atoms with Crippen LogP contribution in [-0.2, 0) is 14.3 Å². The number of ketones is 1. The average Bonchev–Trinajstić information content (AvgIpc) is 3.44. The van der Waals surface area contributed by atoms with Crippen molar-refractivity contribution < 1.29 is 23.5 Å². The third kappa shape index (κ3) is 5.90. The SMILES string of the molecule is CC(C)CCC(NC(=O)c1ccoc1)C(=O)NC1C(=O)COC1CN1CCCC1. The lowest BCUT2D eigenvalue weighted by atomic mass is 10.0. The third-order valence-electron chi connectivity index (χ3n) is 5.53. The second-order valence-electron chi connectivity index (χ2n) is 8.32. The molecule has 0 spiro atoms. The summed E-state index contributed by atoms with van der Waals surface area (Å²) in [4.78, 5) is 40.0. The molecule has 160 valence electrons. The molecule has 2 aliphatic heterocycles. The molecule has 8 heteroatoms. The minimum atomic E-state index is -0.722. The molecule has 0 saturated carbocycles. The van der Waals surface area contributed by atoms with E-state index < -0.39 is 12.1 Å². The van der Waals surface area contributed by atoms with Gasteiger partial charge in [0, 0.05) is 6.54 Å². The first-order valence-corrected chi connectivity index (χ1v) is 10.4. The Morgan fingerprint density at radius 1 is 1.24 bits per heavy atom. The van der Waals surface area contributed by atoms with Crippen LogP contribution in [0.2, 0.25) is 0 Å². The van der Waals surface area contributed by atoms with E-state index in [1.165, 1.54) is 12.5 Å². The van der Waals surface area contributed by atoms with Crippen LogP contribution in [0.15, 0.2) is 23.0 Å². The van der Waals surface area contributed by atoms with E-state index in [4.69, 9.17) is 9.15 Å². The summed E-state index contributed by atoms with van der Waals surface area (Å²) in [6, 6.07) is 0.156. The first-order valence-electron chi connectivity index (χ1n) is 10.4. The number of hydrogen-bond acceptors (Lipinski definition) is 6. The number of furan rings is 1. The van der Waals surface area contributed by atoms with Crippen LogP contribution in [0.4, 0.5) is 0 Å². The van der Waals surface area contributed by atoms with E-state index in [2.05, 4.69) is 29.4 Å². The number of Topliss-reactive ketones (excluding diaryl/α,β-unsaturated/α-hetero) is 1. The Bertz CT molecular complexity index is 697. The maximum Gasteiger partial charge on any atom is 0.255 e. The molecule has 3 unspecified atom stereocenters. The molecular formula is C21H31N3O5. The maximum absolute atomic E-state index is 13.0. The fraction of sp³-hybridized carbons (Fsp3) is 0.667. The number of carbonyl (C=O) groups excluding carboxylic acids is 3. The highest BCUT2D eigenvalue weighted by Gasteiger charge is 2.39. The highest BCUT2D eigenvalue weighted by atomic mass is 16.5. The van der Waals surface area contributed by atoms with Gasteiger partial charge in [0.1, 0.15) is 25.0 Å². The van der Waals surface area contributed by atoms with Gasteiger partial charge in [-0.15, -0.1) is 0 Å². The molecule has 3 atom stereocenters.